The molecule has 1 amide bonds. The van der Waals surface area contributed by atoms with Crippen LogP contribution in [0.1, 0.15) is 66.0 Å². The van der Waals surface area contributed by atoms with E-state index in [0.29, 0.717) is 25.1 Å². The number of hydrogen-bond acceptors (Lipinski definition) is 6. The van der Waals surface area contributed by atoms with Gasteiger partial charge in [-0.3, -0.25) is 14.6 Å². The summed E-state index contributed by atoms with van der Waals surface area (Å²) in [5.74, 6) is -2.24. The van der Waals surface area contributed by atoms with E-state index in [0.717, 1.165) is 5.57 Å². The number of ketones is 1. The van der Waals surface area contributed by atoms with Crippen LogP contribution in [0.25, 0.3) is 6.08 Å². The molecule has 1 aromatic heterocycles. The summed E-state index contributed by atoms with van der Waals surface area (Å²) in [6.45, 7) is 8.83. The van der Waals surface area contributed by atoms with Crippen LogP contribution in [-0.4, -0.2) is 57.8 Å². The van der Waals surface area contributed by atoms with Gasteiger partial charge in [-0.15, -0.1) is 0 Å². The van der Waals surface area contributed by atoms with E-state index < -0.39 is 47.4 Å². The number of pyridine rings is 1. The molecule has 0 saturated carbocycles. The Labute approximate surface area is 207 Å². The second kappa shape index (κ2) is 13.0. The second-order valence-corrected chi connectivity index (χ2v) is 9.83. The van der Waals surface area contributed by atoms with Gasteiger partial charge in [0.1, 0.15) is 11.6 Å². The number of rotatable bonds is 3. The molecule has 0 bridgehead atoms. The summed E-state index contributed by atoms with van der Waals surface area (Å²) in [6.07, 6.45) is 2.44. The molecular formula is C27H39FN2O5. The Morgan fingerprint density at radius 2 is 2.03 bits per heavy atom. The molecule has 1 aliphatic rings. The molecule has 8 heteroatoms. The van der Waals surface area contributed by atoms with Gasteiger partial charge >= 0.3 is 0 Å². The third-order valence-electron chi connectivity index (χ3n) is 6.74. The highest BCUT2D eigenvalue weighted by atomic mass is 19.1. The summed E-state index contributed by atoms with van der Waals surface area (Å²) in [4.78, 5) is 30.2. The molecule has 0 aromatic carbocycles. The third-order valence-corrected chi connectivity index (χ3v) is 6.74. The third kappa shape index (κ3) is 8.05. The first-order valence-electron chi connectivity index (χ1n) is 12.2. The fraction of sp³-hybridized carbons (Fsp3) is 0.593. The van der Waals surface area contributed by atoms with E-state index in [-0.39, 0.29) is 18.6 Å². The molecular weight excluding hydrogens is 451 g/mol. The van der Waals surface area contributed by atoms with Gasteiger partial charge in [-0.25, -0.2) is 4.39 Å². The average molecular weight is 491 g/mol. The highest BCUT2D eigenvalue weighted by Gasteiger charge is 2.43. The molecule has 2 rings (SSSR count). The number of ether oxygens (including phenoxy) is 1. The largest absolute Gasteiger partial charge is 0.392 e. The summed E-state index contributed by atoms with van der Waals surface area (Å²) >= 11 is 0. The standard InChI is InChI=1S/C27H39FN2O5/c1-6-20-25(33)18(3)35-14-12-17(2)10-11-22(21(28)15-19-9-7-8-13-29-19)30-24(32)16-23(31)27(4,5)26(20)34/h7-10,13,15,18,20,22-23,25,31,33H,6,11-12,14,16H2,1-5H3,(H,30,32)/b17-10-,21-15-/t18-,20-,22+,23+,25-/m1/s1. The maximum absolute atomic E-state index is 15.2. The predicted octanol–water partition coefficient (Wildman–Crippen LogP) is 3.76. The normalized spacial score (nSPS) is 31.4. The van der Waals surface area contributed by atoms with Crippen LogP contribution in [0, 0.1) is 11.3 Å². The van der Waals surface area contributed by atoms with E-state index in [1.807, 2.05) is 13.0 Å². The number of carbonyl (C=O) groups is 2. The number of carbonyl (C=O) groups excluding carboxylic acids is 2. The molecule has 0 unspecified atom stereocenters. The van der Waals surface area contributed by atoms with Gasteiger partial charge in [-0.05, 0) is 51.3 Å². The van der Waals surface area contributed by atoms with E-state index in [1.165, 1.54) is 6.08 Å². The molecule has 0 fully saturated rings. The van der Waals surface area contributed by atoms with Crippen LogP contribution in [0.5, 0.6) is 0 Å². The second-order valence-electron chi connectivity index (χ2n) is 9.83. The molecule has 194 valence electrons. The van der Waals surface area contributed by atoms with Crippen molar-refractivity contribution < 1.29 is 28.9 Å². The van der Waals surface area contributed by atoms with Crippen molar-refractivity contribution >= 4 is 17.8 Å². The van der Waals surface area contributed by atoms with Crippen LogP contribution >= 0.6 is 0 Å². The highest BCUT2D eigenvalue weighted by Crippen LogP contribution is 2.32. The fourth-order valence-electron chi connectivity index (χ4n) is 4.10. The van der Waals surface area contributed by atoms with Crippen molar-refractivity contribution in [3.8, 4) is 0 Å². The van der Waals surface area contributed by atoms with Crippen LogP contribution in [0.4, 0.5) is 4.39 Å². The van der Waals surface area contributed by atoms with Crippen LogP contribution in [0.3, 0.4) is 0 Å². The summed E-state index contributed by atoms with van der Waals surface area (Å²) < 4.78 is 21.0. The van der Waals surface area contributed by atoms with Crippen LogP contribution < -0.4 is 5.32 Å². The lowest BCUT2D eigenvalue weighted by molar-refractivity contribution is -0.147. The summed E-state index contributed by atoms with van der Waals surface area (Å²) in [6, 6.07) is 4.17. The van der Waals surface area contributed by atoms with Crippen LogP contribution in [-0.2, 0) is 14.3 Å². The first-order chi connectivity index (χ1) is 16.5. The zero-order chi connectivity index (χ0) is 26.2. The number of halogens is 1. The molecule has 1 aliphatic heterocycles. The number of hydrogen-bond donors (Lipinski definition) is 3. The van der Waals surface area contributed by atoms with Gasteiger partial charge in [0.25, 0.3) is 0 Å². The van der Waals surface area contributed by atoms with E-state index in [9.17, 15) is 19.8 Å². The van der Waals surface area contributed by atoms with E-state index >= 15 is 4.39 Å². The zero-order valence-corrected chi connectivity index (χ0v) is 21.3. The molecule has 5 atom stereocenters. The maximum Gasteiger partial charge on any atom is 0.223 e. The number of aliphatic hydroxyl groups is 2. The summed E-state index contributed by atoms with van der Waals surface area (Å²) in [5.41, 5.74) is 0.0581. The topological polar surface area (TPSA) is 109 Å². The monoisotopic (exact) mass is 490 g/mol. The van der Waals surface area contributed by atoms with Crippen molar-refractivity contribution in [3.63, 3.8) is 0 Å². The van der Waals surface area contributed by atoms with Crippen molar-refractivity contribution in [2.24, 2.45) is 11.3 Å². The molecule has 35 heavy (non-hydrogen) atoms. The number of nitrogens with one attached hydrogen (secondary N) is 1. The van der Waals surface area contributed by atoms with Crippen molar-refractivity contribution in [2.75, 3.05) is 6.61 Å². The van der Waals surface area contributed by atoms with Gasteiger partial charge in [-0.1, -0.05) is 38.5 Å². The Kier molecular flexibility index (Phi) is 10.7. The zero-order valence-electron chi connectivity index (χ0n) is 21.3. The Hall–Kier alpha value is -2.42. The van der Waals surface area contributed by atoms with E-state index in [1.54, 1.807) is 52.1 Å². The Morgan fingerprint density at radius 3 is 2.66 bits per heavy atom. The highest BCUT2D eigenvalue weighted by molar-refractivity contribution is 5.88. The minimum Gasteiger partial charge on any atom is -0.392 e. The van der Waals surface area contributed by atoms with E-state index in [2.05, 4.69) is 10.3 Å². The Bertz CT molecular complexity index is 915. The predicted molar refractivity (Wildman–Crippen MR) is 133 cm³/mol. The van der Waals surface area contributed by atoms with Gasteiger partial charge in [0.05, 0.1) is 48.5 Å². The Balaban J connectivity index is 2.36. The fourth-order valence-corrected chi connectivity index (χ4v) is 4.10. The number of nitrogens with zero attached hydrogens (tertiary/aromatic N) is 1. The van der Waals surface area contributed by atoms with Gasteiger partial charge in [0, 0.05) is 12.1 Å². The maximum atomic E-state index is 15.2. The van der Waals surface area contributed by atoms with Crippen molar-refractivity contribution in [1.29, 1.82) is 0 Å². The minimum absolute atomic E-state index is 0.196. The molecule has 1 aromatic rings. The molecule has 0 aliphatic carbocycles. The van der Waals surface area contributed by atoms with Gasteiger partial charge in [-0.2, -0.15) is 0 Å². The first-order valence-corrected chi connectivity index (χ1v) is 12.2. The lowest BCUT2D eigenvalue weighted by atomic mass is 9.72. The van der Waals surface area contributed by atoms with Crippen molar-refractivity contribution in [3.05, 3.63) is 47.6 Å². The van der Waals surface area contributed by atoms with Gasteiger partial charge < -0.3 is 20.3 Å². The smallest absolute Gasteiger partial charge is 0.223 e. The number of amides is 1. The van der Waals surface area contributed by atoms with E-state index in [4.69, 9.17) is 4.74 Å². The molecule has 0 radical (unpaired) electrons. The van der Waals surface area contributed by atoms with Crippen LogP contribution in [0.15, 0.2) is 41.9 Å². The van der Waals surface area contributed by atoms with Crippen molar-refractivity contribution in [1.82, 2.24) is 10.3 Å². The van der Waals surface area contributed by atoms with Gasteiger partial charge in [0.15, 0.2) is 0 Å². The van der Waals surface area contributed by atoms with Crippen LogP contribution in [0.2, 0.25) is 0 Å². The number of Topliss-reactive ketones (excluding diaryl/α,β-unsaturated/α-hetero) is 1. The molecule has 2 heterocycles. The van der Waals surface area contributed by atoms with Gasteiger partial charge in [0.2, 0.25) is 5.91 Å². The molecule has 3 N–H and O–H groups in total. The van der Waals surface area contributed by atoms with Crippen molar-refractivity contribution in [2.45, 2.75) is 84.7 Å². The summed E-state index contributed by atoms with van der Waals surface area (Å²) in [7, 11) is 0. The Morgan fingerprint density at radius 1 is 1.31 bits per heavy atom. The lowest BCUT2D eigenvalue weighted by Gasteiger charge is -2.35. The summed E-state index contributed by atoms with van der Waals surface area (Å²) in [5, 5.41) is 24.3. The SMILES string of the molecule is CC[C@H]1C(=O)C(C)(C)[C@@H](O)CC(=O)N[C@H](/C(F)=C/c2ccccn2)C/C=C(/C)CCO[C@H](C)[C@H]1O. The minimum atomic E-state index is -1.32. The molecule has 7 nitrogen and oxygen atoms in total. The lowest BCUT2D eigenvalue weighted by Crippen LogP contribution is -2.48. The number of aromatic nitrogens is 1. The number of aliphatic hydroxyl groups excluding tert-OH is 2. The first kappa shape index (κ1) is 28.8. The average Bonchev–Trinajstić information content (AvgIpc) is 2.81. The quantitative estimate of drug-likeness (QED) is 0.557. The molecule has 0 spiro atoms. The molecule has 0 saturated heterocycles.